The van der Waals surface area contributed by atoms with Gasteiger partial charge in [-0.3, -0.25) is 9.69 Å². The first-order chi connectivity index (χ1) is 16.1. The molecule has 0 atom stereocenters. The molecule has 1 fully saturated rings. The minimum Gasteiger partial charge on any atom is -0.486 e. The summed E-state index contributed by atoms with van der Waals surface area (Å²) in [4.78, 5) is 22.3. The Bertz CT molecular complexity index is 1070. The van der Waals surface area contributed by atoms with E-state index in [4.69, 9.17) is 14.5 Å². The van der Waals surface area contributed by atoms with Crippen molar-refractivity contribution in [2.75, 3.05) is 39.4 Å². The zero-order valence-electron chi connectivity index (χ0n) is 18.7. The second kappa shape index (κ2) is 11.7. The quantitative estimate of drug-likeness (QED) is 0.399. The normalized spacial score (nSPS) is 14.2. The summed E-state index contributed by atoms with van der Waals surface area (Å²) in [6.07, 6.45) is 0. The smallest absolute Gasteiger partial charge is 0.254 e. The second-order valence-electron chi connectivity index (χ2n) is 8.03. The lowest BCUT2D eigenvalue weighted by Crippen LogP contribution is -2.43. The lowest BCUT2D eigenvalue weighted by Gasteiger charge is -2.30. The van der Waals surface area contributed by atoms with E-state index in [-0.39, 0.29) is 5.91 Å². The van der Waals surface area contributed by atoms with Crippen LogP contribution >= 0.6 is 27.3 Å². The van der Waals surface area contributed by atoms with Crippen LogP contribution in [0.3, 0.4) is 0 Å². The van der Waals surface area contributed by atoms with Crippen LogP contribution < -0.4 is 4.74 Å². The average Bonchev–Trinajstić information content (AvgIpc) is 3.28. The molecule has 3 aromatic rings. The van der Waals surface area contributed by atoms with Gasteiger partial charge in [0.25, 0.3) is 5.91 Å². The van der Waals surface area contributed by atoms with Crippen molar-refractivity contribution in [3.63, 3.8) is 0 Å². The van der Waals surface area contributed by atoms with E-state index in [1.165, 1.54) is 0 Å². The lowest BCUT2D eigenvalue weighted by molar-refractivity contribution is 0.0319. The molecule has 174 valence electrons. The molecule has 1 aromatic heterocycles. The number of hydrogen-bond donors (Lipinski definition) is 0. The largest absolute Gasteiger partial charge is 0.486 e. The number of thiazole rings is 1. The SMILES string of the molecule is Cc1cccc(OCc2nc(CN(CCN3CCOCC3)C(=O)c3cccc(Br)c3)cs2)c1. The number of morpholine rings is 1. The van der Waals surface area contributed by atoms with Crippen LogP contribution in [0.2, 0.25) is 0 Å². The van der Waals surface area contributed by atoms with E-state index < -0.39 is 0 Å². The highest BCUT2D eigenvalue weighted by atomic mass is 79.9. The number of benzene rings is 2. The van der Waals surface area contributed by atoms with E-state index in [0.717, 1.165) is 59.3 Å². The summed E-state index contributed by atoms with van der Waals surface area (Å²) in [6.45, 7) is 7.67. The highest BCUT2D eigenvalue weighted by molar-refractivity contribution is 9.10. The first-order valence-corrected chi connectivity index (χ1v) is 12.7. The Morgan fingerprint density at radius 1 is 1.21 bits per heavy atom. The number of hydrogen-bond acceptors (Lipinski definition) is 6. The number of ether oxygens (including phenoxy) is 2. The van der Waals surface area contributed by atoms with Gasteiger partial charge in [-0.2, -0.15) is 0 Å². The number of halogens is 1. The third kappa shape index (κ3) is 7.11. The van der Waals surface area contributed by atoms with Crippen LogP contribution in [0, 0.1) is 6.92 Å². The fourth-order valence-corrected chi connectivity index (χ4v) is 4.77. The minimum atomic E-state index is 0.00937. The van der Waals surface area contributed by atoms with Gasteiger partial charge in [-0.15, -0.1) is 11.3 Å². The Morgan fingerprint density at radius 2 is 2.03 bits per heavy atom. The molecule has 2 aromatic carbocycles. The molecule has 0 unspecified atom stereocenters. The van der Waals surface area contributed by atoms with Crippen LogP contribution in [0.1, 0.15) is 26.6 Å². The fourth-order valence-electron chi connectivity index (χ4n) is 3.68. The highest BCUT2D eigenvalue weighted by Gasteiger charge is 2.20. The van der Waals surface area contributed by atoms with E-state index in [9.17, 15) is 4.79 Å². The first-order valence-electron chi connectivity index (χ1n) is 11.0. The van der Waals surface area contributed by atoms with Crippen molar-refractivity contribution in [1.82, 2.24) is 14.8 Å². The molecule has 1 saturated heterocycles. The molecular weight excluding hydrogens is 502 g/mol. The summed E-state index contributed by atoms with van der Waals surface area (Å²) in [7, 11) is 0. The maximum atomic E-state index is 13.3. The van der Waals surface area contributed by atoms with E-state index >= 15 is 0 Å². The first kappa shape index (κ1) is 23.9. The molecule has 2 heterocycles. The zero-order valence-corrected chi connectivity index (χ0v) is 21.1. The molecule has 33 heavy (non-hydrogen) atoms. The number of carbonyl (C=O) groups excluding carboxylic acids is 1. The summed E-state index contributed by atoms with van der Waals surface area (Å²) in [5.74, 6) is 0.846. The van der Waals surface area contributed by atoms with Gasteiger partial charge in [0, 0.05) is 41.6 Å². The van der Waals surface area contributed by atoms with Crippen molar-refractivity contribution in [2.24, 2.45) is 0 Å². The summed E-state index contributed by atoms with van der Waals surface area (Å²) in [5.41, 5.74) is 2.71. The minimum absolute atomic E-state index is 0.00937. The Kier molecular flexibility index (Phi) is 8.50. The Balaban J connectivity index is 1.42. The van der Waals surface area contributed by atoms with Crippen molar-refractivity contribution >= 4 is 33.2 Å². The third-order valence-electron chi connectivity index (χ3n) is 5.45. The van der Waals surface area contributed by atoms with Crippen molar-refractivity contribution in [1.29, 1.82) is 0 Å². The van der Waals surface area contributed by atoms with E-state index in [1.54, 1.807) is 11.3 Å². The van der Waals surface area contributed by atoms with Gasteiger partial charge >= 0.3 is 0 Å². The Labute approximate surface area is 207 Å². The molecule has 0 radical (unpaired) electrons. The van der Waals surface area contributed by atoms with Gasteiger partial charge in [0.2, 0.25) is 0 Å². The van der Waals surface area contributed by atoms with E-state index in [2.05, 4.69) is 20.8 Å². The second-order valence-corrected chi connectivity index (χ2v) is 9.89. The predicted octanol–water partition coefficient (Wildman–Crippen LogP) is 4.77. The zero-order chi connectivity index (χ0) is 23.0. The van der Waals surface area contributed by atoms with Crippen LogP contribution in [-0.2, 0) is 17.9 Å². The molecule has 6 nitrogen and oxygen atoms in total. The van der Waals surface area contributed by atoms with Gasteiger partial charge in [0.1, 0.15) is 17.4 Å². The van der Waals surface area contributed by atoms with Gasteiger partial charge in [-0.1, -0.05) is 34.1 Å². The summed E-state index contributed by atoms with van der Waals surface area (Å²) < 4.78 is 12.2. The van der Waals surface area contributed by atoms with Gasteiger partial charge < -0.3 is 14.4 Å². The summed E-state index contributed by atoms with van der Waals surface area (Å²) in [6, 6.07) is 15.5. The van der Waals surface area contributed by atoms with Gasteiger partial charge in [0.05, 0.1) is 25.5 Å². The highest BCUT2D eigenvalue weighted by Crippen LogP contribution is 2.19. The van der Waals surface area contributed by atoms with Crippen molar-refractivity contribution in [3.8, 4) is 5.75 Å². The molecule has 0 saturated carbocycles. The number of rotatable bonds is 9. The van der Waals surface area contributed by atoms with Crippen LogP contribution in [0.15, 0.2) is 58.4 Å². The molecular formula is C25H28BrN3O3S. The molecule has 1 aliphatic rings. The maximum Gasteiger partial charge on any atom is 0.254 e. The number of aromatic nitrogens is 1. The molecule has 8 heteroatoms. The fraction of sp³-hybridized carbons (Fsp3) is 0.360. The molecule has 0 N–H and O–H groups in total. The standard InChI is InChI=1S/C25H28BrN3O3S/c1-19-4-2-7-23(14-19)32-17-24-27-22(18-33-24)16-29(9-8-28-10-12-31-13-11-28)25(30)20-5-3-6-21(26)15-20/h2-7,14-15,18H,8-13,16-17H2,1H3. The van der Waals surface area contributed by atoms with Crippen LogP contribution in [0.5, 0.6) is 5.75 Å². The predicted molar refractivity (Wildman–Crippen MR) is 134 cm³/mol. The monoisotopic (exact) mass is 529 g/mol. The van der Waals surface area contributed by atoms with Gasteiger partial charge in [-0.05, 0) is 42.8 Å². The molecule has 1 aliphatic heterocycles. The topological polar surface area (TPSA) is 54.9 Å². The molecule has 0 bridgehead atoms. The van der Waals surface area contributed by atoms with Crippen molar-refractivity contribution < 1.29 is 14.3 Å². The molecule has 4 rings (SSSR count). The Morgan fingerprint density at radius 3 is 2.82 bits per heavy atom. The van der Waals surface area contributed by atoms with Gasteiger partial charge in [-0.25, -0.2) is 4.98 Å². The number of aryl methyl sites for hydroxylation is 1. The van der Waals surface area contributed by atoms with E-state index in [0.29, 0.717) is 25.3 Å². The lowest BCUT2D eigenvalue weighted by atomic mass is 10.2. The van der Waals surface area contributed by atoms with Crippen molar-refractivity contribution in [2.45, 2.75) is 20.1 Å². The summed E-state index contributed by atoms with van der Waals surface area (Å²) in [5, 5.41) is 2.92. The molecule has 1 amide bonds. The number of carbonyl (C=O) groups is 1. The van der Waals surface area contributed by atoms with Crippen LogP contribution in [-0.4, -0.2) is 60.1 Å². The molecule has 0 spiro atoms. The maximum absolute atomic E-state index is 13.3. The summed E-state index contributed by atoms with van der Waals surface area (Å²) >= 11 is 5.04. The van der Waals surface area contributed by atoms with Crippen molar-refractivity contribution in [3.05, 3.63) is 80.2 Å². The average molecular weight is 530 g/mol. The van der Waals surface area contributed by atoms with E-state index in [1.807, 2.05) is 65.7 Å². The van der Waals surface area contributed by atoms with Gasteiger partial charge in [0.15, 0.2) is 0 Å². The third-order valence-corrected chi connectivity index (χ3v) is 6.82. The van der Waals surface area contributed by atoms with Crippen LogP contribution in [0.4, 0.5) is 0 Å². The van der Waals surface area contributed by atoms with Crippen LogP contribution in [0.25, 0.3) is 0 Å². The Hall–Kier alpha value is -2.26. The molecule has 0 aliphatic carbocycles. The number of nitrogens with zero attached hydrogens (tertiary/aromatic N) is 3. The number of amides is 1.